The molecule has 0 N–H and O–H groups in total. The van der Waals surface area contributed by atoms with Gasteiger partial charge in [0.05, 0.1) is 11.5 Å². The molecule has 3 rings (SSSR count). The summed E-state index contributed by atoms with van der Waals surface area (Å²) in [5, 5.41) is 1.99. The number of hydrogen-bond acceptors (Lipinski definition) is 5. The van der Waals surface area contributed by atoms with Crippen LogP contribution in [0.15, 0.2) is 52.5 Å². The highest BCUT2D eigenvalue weighted by molar-refractivity contribution is 7.13. The molecule has 0 spiro atoms. The van der Waals surface area contributed by atoms with Crippen LogP contribution in [0.3, 0.4) is 0 Å². The lowest BCUT2D eigenvalue weighted by Crippen LogP contribution is -1.99. The van der Waals surface area contributed by atoms with Gasteiger partial charge < -0.3 is 13.9 Å². The molecule has 2 aromatic heterocycles. The van der Waals surface area contributed by atoms with Crippen LogP contribution in [-0.2, 0) is 6.61 Å². The minimum Gasteiger partial charge on any atom is -0.490 e. The molecule has 108 valence electrons. The van der Waals surface area contributed by atoms with Gasteiger partial charge in [-0.05, 0) is 30.5 Å². The van der Waals surface area contributed by atoms with Gasteiger partial charge in [-0.25, -0.2) is 4.98 Å². The fourth-order valence-corrected chi connectivity index (χ4v) is 2.54. The molecule has 0 aliphatic rings. The molecule has 0 saturated heterocycles. The maximum Gasteiger partial charge on any atom is 0.236 e. The third-order valence-electron chi connectivity index (χ3n) is 2.81. The maximum atomic E-state index is 5.76. The smallest absolute Gasteiger partial charge is 0.236 e. The Morgan fingerprint density at radius 3 is 2.62 bits per heavy atom. The van der Waals surface area contributed by atoms with Crippen molar-refractivity contribution in [1.29, 1.82) is 0 Å². The van der Waals surface area contributed by atoms with Crippen LogP contribution in [0.25, 0.3) is 10.8 Å². The molecule has 5 heteroatoms. The van der Waals surface area contributed by atoms with Gasteiger partial charge >= 0.3 is 0 Å². The number of nitrogens with zero attached hydrogens (tertiary/aromatic N) is 1. The zero-order chi connectivity index (χ0) is 14.5. The highest BCUT2D eigenvalue weighted by atomic mass is 32.1. The molecule has 0 aliphatic heterocycles. The first-order valence-electron chi connectivity index (χ1n) is 6.69. The van der Waals surface area contributed by atoms with Crippen LogP contribution >= 0.6 is 11.3 Å². The van der Waals surface area contributed by atoms with E-state index in [4.69, 9.17) is 13.9 Å². The van der Waals surface area contributed by atoms with Crippen LogP contribution in [0.5, 0.6) is 11.5 Å². The molecule has 4 nitrogen and oxygen atoms in total. The third-order valence-corrected chi connectivity index (χ3v) is 3.67. The largest absolute Gasteiger partial charge is 0.490 e. The van der Waals surface area contributed by atoms with Gasteiger partial charge in [0.1, 0.15) is 18.6 Å². The van der Waals surface area contributed by atoms with Crippen LogP contribution in [0.4, 0.5) is 0 Å². The van der Waals surface area contributed by atoms with E-state index >= 15 is 0 Å². The Balaban J connectivity index is 1.68. The average molecular weight is 301 g/mol. The Morgan fingerprint density at radius 1 is 1.10 bits per heavy atom. The second-order valence-corrected chi connectivity index (χ2v) is 5.24. The van der Waals surface area contributed by atoms with Gasteiger partial charge in [-0.1, -0.05) is 18.2 Å². The van der Waals surface area contributed by atoms with E-state index in [0.717, 1.165) is 16.3 Å². The number of aromatic nitrogens is 1. The van der Waals surface area contributed by atoms with Gasteiger partial charge in [0.15, 0.2) is 11.5 Å². The van der Waals surface area contributed by atoms with Crippen molar-refractivity contribution >= 4 is 11.3 Å². The molecular weight excluding hydrogens is 286 g/mol. The lowest BCUT2D eigenvalue weighted by molar-refractivity contribution is 0.266. The van der Waals surface area contributed by atoms with E-state index < -0.39 is 0 Å². The Kier molecular flexibility index (Phi) is 4.21. The van der Waals surface area contributed by atoms with Crippen LogP contribution in [0.2, 0.25) is 0 Å². The fourth-order valence-electron chi connectivity index (χ4n) is 1.88. The van der Waals surface area contributed by atoms with Crippen molar-refractivity contribution < 1.29 is 13.9 Å². The molecule has 21 heavy (non-hydrogen) atoms. The highest BCUT2D eigenvalue weighted by Crippen LogP contribution is 2.28. The summed E-state index contributed by atoms with van der Waals surface area (Å²) in [4.78, 5) is 5.43. The second-order valence-electron chi connectivity index (χ2n) is 4.29. The monoisotopic (exact) mass is 301 g/mol. The van der Waals surface area contributed by atoms with Gasteiger partial charge in [-0.15, -0.1) is 11.3 Å². The molecular formula is C16H15NO3S. The van der Waals surface area contributed by atoms with Gasteiger partial charge in [0, 0.05) is 0 Å². The van der Waals surface area contributed by atoms with Crippen LogP contribution < -0.4 is 9.47 Å². The molecule has 3 aromatic rings. The van der Waals surface area contributed by atoms with E-state index in [2.05, 4.69) is 4.98 Å². The second kappa shape index (κ2) is 6.45. The lowest BCUT2D eigenvalue weighted by atomic mass is 10.3. The molecule has 0 bridgehead atoms. The molecule has 2 heterocycles. The van der Waals surface area contributed by atoms with Crippen LogP contribution in [-0.4, -0.2) is 11.6 Å². The van der Waals surface area contributed by atoms with Gasteiger partial charge in [0.2, 0.25) is 5.89 Å². The van der Waals surface area contributed by atoms with Gasteiger partial charge in [-0.3, -0.25) is 0 Å². The van der Waals surface area contributed by atoms with Gasteiger partial charge in [-0.2, -0.15) is 0 Å². The number of benzene rings is 1. The van der Waals surface area contributed by atoms with E-state index in [1.54, 1.807) is 17.6 Å². The zero-order valence-electron chi connectivity index (χ0n) is 11.6. The van der Waals surface area contributed by atoms with Crippen LogP contribution in [0, 0.1) is 0 Å². The number of oxazole rings is 1. The summed E-state index contributed by atoms with van der Waals surface area (Å²) in [5.74, 6) is 2.07. The number of hydrogen-bond donors (Lipinski definition) is 0. The summed E-state index contributed by atoms with van der Waals surface area (Å²) in [6.07, 6.45) is 1.62. The molecule has 0 saturated carbocycles. The topological polar surface area (TPSA) is 44.5 Å². The molecule has 0 amide bonds. The minimum absolute atomic E-state index is 0.346. The number of para-hydroxylation sites is 2. The van der Waals surface area contributed by atoms with E-state index in [1.807, 2.05) is 48.7 Å². The van der Waals surface area contributed by atoms with Crippen LogP contribution in [0.1, 0.15) is 12.6 Å². The van der Waals surface area contributed by atoms with Gasteiger partial charge in [0.25, 0.3) is 0 Å². The first kappa shape index (κ1) is 13.7. The SMILES string of the molecule is CCOc1ccccc1OCc1coc(-c2cccs2)n1. The number of thiophene rings is 1. The van der Waals surface area contributed by atoms with Crippen molar-refractivity contribution in [2.75, 3.05) is 6.61 Å². The van der Waals surface area contributed by atoms with Crippen molar-refractivity contribution in [3.05, 3.63) is 53.7 Å². The van der Waals surface area contributed by atoms with E-state index in [0.29, 0.717) is 24.9 Å². The van der Waals surface area contributed by atoms with Crippen molar-refractivity contribution in [2.45, 2.75) is 13.5 Å². The highest BCUT2D eigenvalue weighted by Gasteiger charge is 2.09. The Bertz CT molecular complexity index is 691. The Labute approximate surface area is 127 Å². The quantitative estimate of drug-likeness (QED) is 0.677. The summed E-state index contributed by atoms with van der Waals surface area (Å²) in [6.45, 7) is 2.90. The molecule has 0 unspecified atom stereocenters. The van der Waals surface area contributed by atoms with Crippen molar-refractivity contribution in [1.82, 2.24) is 4.98 Å². The summed E-state index contributed by atoms with van der Waals surface area (Å²) in [7, 11) is 0. The standard InChI is InChI=1S/C16H15NO3S/c1-2-18-13-6-3-4-7-14(13)19-10-12-11-20-16(17-12)15-8-5-9-21-15/h3-9,11H,2,10H2,1H3. The predicted octanol–water partition coefficient (Wildman–Crippen LogP) is 4.38. The van der Waals surface area contributed by atoms with Crippen molar-refractivity contribution in [2.24, 2.45) is 0 Å². The fraction of sp³-hybridized carbons (Fsp3) is 0.188. The Hall–Kier alpha value is -2.27. The number of ether oxygens (including phenoxy) is 2. The summed E-state index contributed by atoms with van der Waals surface area (Å²) >= 11 is 1.60. The molecule has 0 radical (unpaired) electrons. The maximum absolute atomic E-state index is 5.76. The first-order chi connectivity index (χ1) is 10.4. The molecule has 0 aliphatic carbocycles. The number of rotatable bonds is 6. The zero-order valence-corrected chi connectivity index (χ0v) is 12.4. The van der Waals surface area contributed by atoms with Crippen molar-refractivity contribution in [3.8, 4) is 22.3 Å². The molecule has 0 fully saturated rings. The normalized spacial score (nSPS) is 10.5. The predicted molar refractivity (Wildman–Crippen MR) is 81.8 cm³/mol. The van der Waals surface area contributed by atoms with Crippen molar-refractivity contribution in [3.63, 3.8) is 0 Å². The third kappa shape index (κ3) is 3.25. The summed E-state index contributed by atoms with van der Waals surface area (Å²) in [6, 6.07) is 11.6. The first-order valence-corrected chi connectivity index (χ1v) is 7.57. The lowest BCUT2D eigenvalue weighted by Gasteiger charge is -2.10. The van der Waals surface area contributed by atoms with E-state index in [-0.39, 0.29) is 0 Å². The Morgan fingerprint density at radius 2 is 1.90 bits per heavy atom. The summed E-state index contributed by atoms with van der Waals surface area (Å²) < 4.78 is 16.7. The van der Waals surface area contributed by atoms with E-state index in [9.17, 15) is 0 Å². The minimum atomic E-state index is 0.346. The average Bonchev–Trinajstić information content (AvgIpc) is 3.18. The molecule has 0 atom stereocenters. The summed E-state index contributed by atoms with van der Waals surface area (Å²) in [5.41, 5.74) is 0.754. The van der Waals surface area contributed by atoms with E-state index in [1.165, 1.54) is 0 Å². The molecule has 1 aromatic carbocycles.